The summed E-state index contributed by atoms with van der Waals surface area (Å²) in [6.07, 6.45) is 0.382. The van der Waals surface area contributed by atoms with Crippen LogP contribution in [0.5, 0.6) is 0 Å². The minimum atomic E-state index is -0.991. The monoisotopic (exact) mass is 256 g/mol. The van der Waals surface area contributed by atoms with E-state index in [4.69, 9.17) is 5.11 Å². The molecule has 0 aliphatic heterocycles. The zero-order chi connectivity index (χ0) is 13.0. The summed E-state index contributed by atoms with van der Waals surface area (Å²) in [6.45, 7) is 3.42. The molecule has 1 heterocycles. The molecule has 0 aromatic carbocycles. The number of hydrogen-bond acceptors (Lipinski definition) is 5. The number of nitro groups is 1. The van der Waals surface area contributed by atoms with Gasteiger partial charge in [0.2, 0.25) is 0 Å². The summed E-state index contributed by atoms with van der Waals surface area (Å²) < 4.78 is 0. The van der Waals surface area contributed by atoms with E-state index >= 15 is 0 Å². The van der Waals surface area contributed by atoms with Gasteiger partial charge >= 0.3 is 11.7 Å². The Hall–Kier alpha value is -1.63. The predicted molar refractivity (Wildman–Crippen MR) is 63.2 cm³/mol. The molecule has 6 nitrogen and oxygen atoms in total. The van der Waals surface area contributed by atoms with Crippen LogP contribution in [0, 0.1) is 17.0 Å². The van der Waals surface area contributed by atoms with E-state index in [9.17, 15) is 14.9 Å². The van der Waals surface area contributed by atoms with E-state index in [0.717, 1.165) is 11.8 Å². The van der Waals surface area contributed by atoms with Crippen LogP contribution in [-0.4, -0.2) is 26.2 Å². The van der Waals surface area contributed by atoms with Gasteiger partial charge in [0.25, 0.3) is 0 Å². The summed E-state index contributed by atoms with van der Waals surface area (Å²) >= 11 is 0.914. The van der Waals surface area contributed by atoms with E-state index in [1.54, 1.807) is 13.8 Å². The van der Waals surface area contributed by atoms with Crippen molar-refractivity contribution in [2.75, 3.05) is 0 Å². The summed E-state index contributed by atoms with van der Waals surface area (Å²) in [7, 11) is 0. The molecule has 0 spiro atoms. The molecule has 7 heteroatoms. The van der Waals surface area contributed by atoms with Crippen LogP contribution >= 0.6 is 11.8 Å². The molecule has 1 atom stereocenters. The number of carbonyl (C=O) groups is 1. The summed E-state index contributed by atoms with van der Waals surface area (Å²) in [5, 5.41) is 19.1. The number of carboxylic acids is 1. The molecule has 0 saturated carbocycles. The average Bonchev–Trinajstić information content (AvgIpc) is 2.25. The van der Waals surface area contributed by atoms with E-state index in [1.165, 1.54) is 12.1 Å². The molecule has 0 aliphatic rings. The van der Waals surface area contributed by atoms with Crippen LogP contribution in [0.1, 0.15) is 19.0 Å². The summed E-state index contributed by atoms with van der Waals surface area (Å²) in [5.41, 5.74) is 0.471. The average molecular weight is 256 g/mol. The van der Waals surface area contributed by atoms with Gasteiger partial charge in [-0.2, -0.15) is 0 Å². The zero-order valence-corrected chi connectivity index (χ0v) is 10.2. The maximum Gasteiger partial charge on any atom is 0.317 e. The number of aliphatic carboxylic acids is 1. The number of carboxylic acid groups (broad SMARTS) is 1. The highest BCUT2D eigenvalue weighted by Gasteiger charge is 2.23. The highest BCUT2D eigenvalue weighted by atomic mass is 32.2. The lowest BCUT2D eigenvalue weighted by Crippen LogP contribution is -2.15. The molecular weight excluding hydrogens is 244 g/mol. The third kappa shape index (κ3) is 3.42. The van der Waals surface area contributed by atoms with Gasteiger partial charge in [0.1, 0.15) is 5.25 Å². The summed E-state index contributed by atoms with van der Waals surface area (Å²) in [5.74, 6) is -0.991. The van der Waals surface area contributed by atoms with Crippen LogP contribution in [0.25, 0.3) is 0 Å². The number of pyridine rings is 1. The topological polar surface area (TPSA) is 93.3 Å². The molecule has 1 unspecified atom stereocenters. The normalized spacial score (nSPS) is 12.1. The predicted octanol–water partition coefficient (Wildman–Crippen LogP) is 2.25. The number of hydrogen-bond donors (Lipinski definition) is 1. The van der Waals surface area contributed by atoms with Gasteiger partial charge in [-0.05, 0) is 19.4 Å². The van der Waals surface area contributed by atoms with Crippen molar-refractivity contribution < 1.29 is 14.8 Å². The lowest BCUT2D eigenvalue weighted by Gasteiger charge is -2.09. The van der Waals surface area contributed by atoms with E-state index < -0.39 is 16.1 Å². The van der Waals surface area contributed by atoms with Gasteiger partial charge in [0.15, 0.2) is 5.03 Å². The second-order valence-electron chi connectivity index (χ2n) is 3.39. The fourth-order valence-electron chi connectivity index (χ4n) is 1.19. The highest BCUT2D eigenvalue weighted by molar-refractivity contribution is 8.00. The molecule has 0 aliphatic carbocycles. The second-order valence-corrected chi connectivity index (χ2v) is 4.58. The smallest absolute Gasteiger partial charge is 0.317 e. The first-order valence-corrected chi connectivity index (χ1v) is 5.85. The van der Waals surface area contributed by atoms with Crippen molar-refractivity contribution in [3.8, 4) is 0 Å². The van der Waals surface area contributed by atoms with E-state index in [1.807, 2.05) is 0 Å². The Morgan fingerprint density at radius 2 is 2.29 bits per heavy atom. The Labute approximate surface area is 102 Å². The number of aryl methyl sites for hydroxylation is 1. The number of thioether (sulfide) groups is 1. The molecule has 0 fully saturated rings. The van der Waals surface area contributed by atoms with E-state index in [-0.39, 0.29) is 10.7 Å². The SMILES string of the molecule is CCC(Sc1nc(C)ccc1[N+](=O)[O-])C(=O)O. The molecular formula is C10H12N2O4S. The van der Waals surface area contributed by atoms with E-state index in [2.05, 4.69) is 4.98 Å². The maximum atomic E-state index is 10.9. The van der Waals surface area contributed by atoms with Gasteiger partial charge < -0.3 is 5.11 Å². The Balaban J connectivity index is 3.07. The quantitative estimate of drug-likeness (QED) is 0.493. The van der Waals surface area contributed by atoms with Gasteiger partial charge in [-0.15, -0.1) is 0 Å². The van der Waals surface area contributed by atoms with Crippen LogP contribution in [0.2, 0.25) is 0 Å². The maximum absolute atomic E-state index is 10.9. The number of rotatable bonds is 5. The Morgan fingerprint density at radius 1 is 1.65 bits per heavy atom. The van der Waals surface area contributed by atoms with Crippen LogP contribution in [0.3, 0.4) is 0 Å². The third-order valence-corrected chi connectivity index (χ3v) is 3.42. The van der Waals surface area contributed by atoms with Crippen molar-refractivity contribution in [1.82, 2.24) is 4.98 Å². The highest BCUT2D eigenvalue weighted by Crippen LogP contribution is 2.31. The van der Waals surface area contributed by atoms with Gasteiger partial charge in [-0.1, -0.05) is 18.7 Å². The number of aromatic nitrogens is 1. The Bertz CT molecular complexity index is 450. The fourth-order valence-corrected chi connectivity index (χ4v) is 2.19. The lowest BCUT2D eigenvalue weighted by atomic mass is 10.3. The van der Waals surface area contributed by atoms with Crippen LogP contribution in [-0.2, 0) is 4.79 Å². The van der Waals surface area contributed by atoms with Gasteiger partial charge in [0, 0.05) is 11.8 Å². The molecule has 1 N–H and O–H groups in total. The first-order valence-electron chi connectivity index (χ1n) is 4.97. The van der Waals surface area contributed by atoms with Crippen molar-refractivity contribution in [2.45, 2.75) is 30.5 Å². The first kappa shape index (κ1) is 13.4. The molecule has 1 rings (SSSR count). The lowest BCUT2D eigenvalue weighted by molar-refractivity contribution is -0.388. The Kier molecular flexibility index (Phi) is 4.45. The first-order chi connectivity index (χ1) is 7.95. The number of nitrogens with zero attached hydrogens (tertiary/aromatic N) is 2. The summed E-state index contributed by atoms with van der Waals surface area (Å²) in [4.78, 5) is 25.1. The zero-order valence-electron chi connectivity index (χ0n) is 9.41. The van der Waals surface area contributed by atoms with Crippen molar-refractivity contribution in [3.05, 3.63) is 27.9 Å². The molecule has 1 aromatic heterocycles. The van der Waals surface area contributed by atoms with E-state index in [0.29, 0.717) is 12.1 Å². The molecule has 92 valence electrons. The van der Waals surface area contributed by atoms with Gasteiger partial charge in [0.05, 0.1) is 4.92 Å². The minimum absolute atomic E-state index is 0.152. The largest absolute Gasteiger partial charge is 0.480 e. The molecule has 0 radical (unpaired) electrons. The van der Waals surface area contributed by atoms with Crippen LogP contribution < -0.4 is 0 Å². The third-order valence-electron chi connectivity index (χ3n) is 2.08. The molecule has 1 aromatic rings. The molecule has 17 heavy (non-hydrogen) atoms. The van der Waals surface area contributed by atoms with Gasteiger partial charge in [-0.25, -0.2) is 4.98 Å². The Morgan fingerprint density at radius 3 is 2.76 bits per heavy atom. The molecule has 0 bridgehead atoms. The van der Waals surface area contributed by atoms with Crippen molar-refractivity contribution in [3.63, 3.8) is 0 Å². The standard InChI is InChI=1S/C10H12N2O4S/c1-3-8(10(13)14)17-9-7(12(15)16)5-4-6(2)11-9/h4-5,8H,3H2,1-2H3,(H,13,14). The second kappa shape index (κ2) is 5.62. The minimum Gasteiger partial charge on any atom is -0.480 e. The molecule has 0 saturated heterocycles. The molecule has 0 amide bonds. The van der Waals surface area contributed by atoms with Crippen molar-refractivity contribution >= 4 is 23.4 Å². The van der Waals surface area contributed by atoms with Crippen molar-refractivity contribution in [1.29, 1.82) is 0 Å². The van der Waals surface area contributed by atoms with Crippen LogP contribution in [0.4, 0.5) is 5.69 Å². The van der Waals surface area contributed by atoms with Gasteiger partial charge in [-0.3, -0.25) is 14.9 Å². The van der Waals surface area contributed by atoms with Crippen molar-refractivity contribution in [2.24, 2.45) is 0 Å². The summed E-state index contributed by atoms with van der Waals surface area (Å²) in [6, 6.07) is 2.88. The fraction of sp³-hybridized carbons (Fsp3) is 0.400. The van der Waals surface area contributed by atoms with Crippen LogP contribution in [0.15, 0.2) is 17.2 Å².